The molecule has 0 amide bonds. The maximum atomic E-state index is 5.24. The van der Waals surface area contributed by atoms with Crippen LogP contribution in [-0.2, 0) is 0 Å². The Labute approximate surface area is 246 Å². The summed E-state index contributed by atoms with van der Waals surface area (Å²) in [7, 11) is -2.18. The van der Waals surface area contributed by atoms with Gasteiger partial charge in [0.2, 0.25) is 0 Å². The van der Waals surface area contributed by atoms with Crippen LogP contribution in [0.2, 0.25) is 13.1 Å². The molecule has 42 heavy (non-hydrogen) atoms. The Balaban J connectivity index is 1.42. The van der Waals surface area contributed by atoms with Crippen molar-refractivity contribution in [1.82, 2.24) is 14.5 Å². The van der Waals surface area contributed by atoms with E-state index in [1.54, 1.807) is 0 Å². The highest BCUT2D eigenvalue weighted by Crippen LogP contribution is 2.39. The van der Waals surface area contributed by atoms with E-state index in [0.29, 0.717) is 0 Å². The van der Waals surface area contributed by atoms with Gasteiger partial charge in [-0.25, -0.2) is 9.97 Å². The summed E-state index contributed by atoms with van der Waals surface area (Å²) < 4.78 is 2.46. The standard InChI is InChI=1S/C38H29N3Si/c1-42(2)36-30(35-37(42)29-21-12-13-24-34(29)41(35)28-19-10-5-11-20-28)22-14-23-31(36)38-39-32(26-15-6-3-7-16-26)25-33(40-38)27-17-8-4-9-18-27/h3-25H,1-2H3. The van der Waals surface area contributed by atoms with Gasteiger partial charge in [0.25, 0.3) is 0 Å². The van der Waals surface area contributed by atoms with Crippen LogP contribution in [0.15, 0.2) is 140 Å². The molecule has 1 aliphatic rings. The lowest BCUT2D eigenvalue weighted by Crippen LogP contribution is -2.50. The van der Waals surface area contributed by atoms with Gasteiger partial charge in [0.05, 0.1) is 22.6 Å². The van der Waals surface area contributed by atoms with Crippen molar-refractivity contribution in [2.24, 2.45) is 0 Å². The molecule has 0 atom stereocenters. The van der Waals surface area contributed by atoms with Crippen molar-refractivity contribution < 1.29 is 0 Å². The zero-order valence-electron chi connectivity index (χ0n) is 23.6. The maximum absolute atomic E-state index is 5.24. The maximum Gasteiger partial charge on any atom is 0.160 e. The van der Waals surface area contributed by atoms with Gasteiger partial charge in [0, 0.05) is 27.8 Å². The molecule has 0 N–H and O–H groups in total. The summed E-state index contributed by atoms with van der Waals surface area (Å²) in [6.07, 6.45) is 0. The third kappa shape index (κ3) is 3.72. The van der Waals surface area contributed by atoms with Crippen LogP contribution in [-0.4, -0.2) is 22.6 Å². The summed E-state index contributed by atoms with van der Waals surface area (Å²) in [5.74, 6) is 0.786. The molecule has 0 spiro atoms. The summed E-state index contributed by atoms with van der Waals surface area (Å²) in [4.78, 5) is 10.5. The molecule has 0 radical (unpaired) electrons. The van der Waals surface area contributed by atoms with Crippen LogP contribution in [0.25, 0.3) is 61.8 Å². The molecule has 7 aromatic rings. The first-order valence-corrected chi connectivity index (χ1v) is 17.4. The summed E-state index contributed by atoms with van der Waals surface area (Å²) in [5, 5.41) is 4.25. The van der Waals surface area contributed by atoms with Crippen molar-refractivity contribution in [2.45, 2.75) is 13.1 Å². The zero-order chi connectivity index (χ0) is 28.3. The Bertz CT molecular complexity index is 2040. The predicted octanol–water partition coefficient (Wildman–Crippen LogP) is 8.22. The van der Waals surface area contributed by atoms with Gasteiger partial charge in [-0.1, -0.05) is 128 Å². The zero-order valence-corrected chi connectivity index (χ0v) is 24.6. The lowest BCUT2D eigenvalue weighted by Gasteiger charge is -2.22. The van der Waals surface area contributed by atoms with E-state index >= 15 is 0 Å². The first-order valence-electron chi connectivity index (χ1n) is 14.4. The van der Waals surface area contributed by atoms with E-state index in [1.165, 1.54) is 38.2 Å². The van der Waals surface area contributed by atoms with Crippen molar-refractivity contribution in [3.63, 3.8) is 0 Å². The van der Waals surface area contributed by atoms with Crippen LogP contribution in [0.5, 0.6) is 0 Å². The number of hydrogen-bond acceptors (Lipinski definition) is 2. The van der Waals surface area contributed by atoms with Crippen LogP contribution < -0.4 is 10.4 Å². The molecule has 0 unspecified atom stereocenters. The lowest BCUT2D eigenvalue weighted by molar-refractivity contribution is 1.14. The minimum absolute atomic E-state index is 0.786. The number of nitrogens with zero attached hydrogens (tertiary/aromatic N) is 3. The largest absolute Gasteiger partial charge is 0.309 e. The van der Waals surface area contributed by atoms with E-state index in [2.05, 4.69) is 145 Å². The summed E-state index contributed by atoms with van der Waals surface area (Å²) >= 11 is 0. The Morgan fingerprint density at radius 1 is 0.524 bits per heavy atom. The Morgan fingerprint density at radius 3 is 1.71 bits per heavy atom. The SMILES string of the molecule is C[Si]1(C)c2c(-c3nc(-c4ccccc4)cc(-c4ccccc4)n3)cccc2-c2c1c1ccccc1n2-c1ccccc1. The molecule has 0 saturated carbocycles. The quantitative estimate of drug-likeness (QED) is 0.205. The smallest absolute Gasteiger partial charge is 0.160 e. The molecule has 2 aromatic heterocycles. The van der Waals surface area contributed by atoms with Crippen LogP contribution in [0, 0.1) is 0 Å². The average Bonchev–Trinajstić information content (AvgIpc) is 3.52. The number of aromatic nitrogens is 3. The van der Waals surface area contributed by atoms with E-state index in [9.17, 15) is 0 Å². The molecule has 0 bridgehead atoms. The van der Waals surface area contributed by atoms with Gasteiger partial charge in [0.15, 0.2) is 5.82 Å². The van der Waals surface area contributed by atoms with E-state index in [1.807, 2.05) is 12.1 Å². The Kier molecular flexibility index (Phi) is 5.59. The molecule has 8 rings (SSSR count). The van der Waals surface area contributed by atoms with E-state index in [0.717, 1.165) is 33.9 Å². The highest BCUT2D eigenvalue weighted by Gasteiger charge is 2.44. The van der Waals surface area contributed by atoms with Crippen molar-refractivity contribution >= 4 is 29.4 Å². The fraction of sp³-hybridized carbons (Fsp3) is 0.0526. The third-order valence-corrected chi connectivity index (χ3v) is 12.1. The summed E-state index contributed by atoms with van der Waals surface area (Å²) in [6.45, 7) is 4.98. The fourth-order valence-electron chi connectivity index (χ4n) is 6.79. The molecule has 200 valence electrons. The second-order valence-electron chi connectivity index (χ2n) is 11.5. The number of hydrogen-bond donors (Lipinski definition) is 0. The van der Waals surface area contributed by atoms with Gasteiger partial charge >= 0.3 is 0 Å². The first-order chi connectivity index (χ1) is 20.6. The van der Waals surface area contributed by atoms with E-state index < -0.39 is 8.07 Å². The molecule has 0 fully saturated rings. The highest BCUT2D eigenvalue weighted by atomic mass is 28.3. The second-order valence-corrected chi connectivity index (χ2v) is 15.7. The van der Waals surface area contributed by atoms with Crippen LogP contribution in [0.4, 0.5) is 0 Å². The van der Waals surface area contributed by atoms with Crippen molar-refractivity contribution in [3.05, 3.63) is 140 Å². The molecule has 4 heteroatoms. The number of para-hydroxylation sites is 2. The third-order valence-electron chi connectivity index (χ3n) is 8.56. The molecular formula is C38H29N3Si. The molecule has 0 saturated heterocycles. The molecule has 3 nitrogen and oxygen atoms in total. The van der Waals surface area contributed by atoms with Gasteiger partial charge < -0.3 is 4.57 Å². The molecule has 1 aliphatic heterocycles. The minimum Gasteiger partial charge on any atom is -0.309 e. The van der Waals surface area contributed by atoms with E-state index in [4.69, 9.17) is 9.97 Å². The van der Waals surface area contributed by atoms with Crippen molar-refractivity contribution in [1.29, 1.82) is 0 Å². The van der Waals surface area contributed by atoms with Gasteiger partial charge in [-0.05, 0) is 40.2 Å². The summed E-state index contributed by atoms with van der Waals surface area (Å²) in [5.41, 5.74) is 10.3. The number of fused-ring (bicyclic) bond motifs is 5. The van der Waals surface area contributed by atoms with Crippen LogP contribution in [0.3, 0.4) is 0 Å². The van der Waals surface area contributed by atoms with Gasteiger partial charge in [-0.2, -0.15) is 0 Å². The topological polar surface area (TPSA) is 30.7 Å². The number of benzene rings is 5. The normalized spacial score (nSPS) is 13.2. The summed E-state index contributed by atoms with van der Waals surface area (Å²) in [6, 6.07) is 49.3. The first kappa shape index (κ1) is 24.7. The van der Waals surface area contributed by atoms with Crippen molar-refractivity contribution in [2.75, 3.05) is 0 Å². The molecule has 0 aliphatic carbocycles. The molecule has 3 heterocycles. The van der Waals surface area contributed by atoms with Crippen LogP contribution in [0.1, 0.15) is 0 Å². The van der Waals surface area contributed by atoms with Crippen molar-refractivity contribution in [3.8, 4) is 50.8 Å². The molecular weight excluding hydrogens is 527 g/mol. The van der Waals surface area contributed by atoms with Gasteiger partial charge in [0.1, 0.15) is 8.07 Å². The monoisotopic (exact) mass is 555 g/mol. The minimum atomic E-state index is -2.18. The van der Waals surface area contributed by atoms with Gasteiger partial charge in [-0.3, -0.25) is 0 Å². The Hall–Kier alpha value is -5.06. The van der Waals surface area contributed by atoms with E-state index in [-0.39, 0.29) is 0 Å². The lowest BCUT2D eigenvalue weighted by atomic mass is 10.0. The average molecular weight is 556 g/mol. The number of rotatable bonds is 4. The predicted molar refractivity (Wildman–Crippen MR) is 177 cm³/mol. The van der Waals surface area contributed by atoms with Crippen LogP contribution >= 0.6 is 0 Å². The Morgan fingerprint density at radius 2 is 1.07 bits per heavy atom. The molecule has 5 aromatic carbocycles. The van der Waals surface area contributed by atoms with Gasteiger partial charge in [-0.15, -0.1) is 0 Å². The second kappa shape index (κ2) is 9.50. The fourth-order valence-corrected chi connectivity index (χ4v) is 10.5. The highest BCUT2D eigenvalue weighted by molar-refractivity contribution is 7.06.